The molecule has 1 heterocycles. The van der Waals surface area contributed by atoms with Crippen molar-refractivity contribution in [1.29, 1.82) is 0 Å². The van der Waals surface area contributed by atoms with Crippen LogP contribution in [0.15, 0.2) is 18.3 Å². The number of anilines is 1. The van der Waals surface area contributed by atoms with Crippen molar-refractivity contribution in [3.8, 4) is 0 Å². The normalized spacial score (nSPS) is 14.2. The van der Waals surface area contributed by atoms with Crippen LogP contribution in [-0.2, 0) is 6.42 Å². The highest BCUT2D eigenvalue weighted by Crippen LogP contribution is 2.20. The van der Waals surface area contributed by atoms with Gasteiger partial charge in [-0.2, -0.15) is 0 Å². The van der Waals surface area contributed by atoms with E-state index >= 15 is 0 Å². The van der Waals surface area contributed by atoms with Crippen molar-refractivity contribution in [2.24, 2.45) is 11.7 Å². The van der Waals surface area contributed by atoms with Crippen molar-refractivity contribution < 1.29 is 0 Å². The molecule has 3 nitrogen and oxygen atoms in total. The van der Waals surface area contributed by atoms with Crippen LogP contribution in [0.1, 0.15) is 46.1 Å². The van der Waals surface area contributed by atoms with Crippen LogP contribution in [0, 0.1) is 5.92 Å². The van der Waals surface area contributed by atoms with Gasteiger partial charge in [-0.15, -0.1) is 0 Å². The van der Waals surface area contributed by atoms with Crippen LogP contribution in [0.5, 0.6) is 0 Å². The largest absolute Gasteiger partial charge is 0.356 e. The minimum atomic E-state index is 0.227. The van der Waals surface area contributed by atoms with Gasteiger partial charge in [-0.25, -0.2) is 4.98 Å². The lowest BCUT2D eigenvalue weighted by Gasteiger charge is -2.27. The number of aromatic nitrogens is 1. The van der Waals surface area contributed by atoms with Gasteiger partial charge in [0.05, 0.1) is 0 Å². The van der Waals surface area contributed by atoms with E-state index in [0.717, 1.165) is 31.7 Å². The molecule has 19 heavy (non-hydrogen) atoms. The molecule has 0 aliphatic rings. The van der Waals surface area contributed by atoms with E-state index in [2.05, 4.69) is 43.6 Å². The van der Waals surface area contributed by atoms with Gasteiger partial charge in [-0.3, -0.25) is 0 Å². The third-order valence-corrected chi connectivity index (χ3v) is 3.78. The molecule has 0 saturated heterocycles. The number of pyridine rings is 1. The van der Waals surface area contributed by atoms with Gasteiger partial charge in [0, 0.05) is 25.3 Å². The second kappa shape index (κ2) is 8.16. The number of rotatable bonds is 8. The van der Waals surface area contributed by atoms with E-state index < -0.39 is 0 Å². The molecule has 0 bridgehead atoms. The van der Waals surface area contributed by atoms with Crippen molar-refractivity contribution in [3.05, 3.63) is 23.9 Å². The summed E-state index contributed by atoms with van der Waals surface area (Å²) in [7, 11) is 0. The molecule has 1 aromatic heterocycles. The number of nitrogens with two attached hydrogens (primary N) is 1. The van der Waals surface area contributed by atoms with E-state index in [0.29, 0.717) is 5.92 Å². The van der Waals surface area contributed by atoms with Crippen molar-refractivity contribution in [2.45, 2.75) is 53.0 Å². The lowest BCUT2D eigenvalue weighted by molar-refractivity contribution is 0.543. The van der Waals surface area contributed by atoms with Crippen LogP contribution in [0.3, 0.4) is 0 Å². The van der Waals surface area contributed by atoms with Crippen molar-refractivity contribution in [3.63, 3.8) is 0 Å². The predicted molar refractivity (Wildman–Crippen MR) is 83.5 cm³/mol. The molecule has 0 amide bonds. The second-order valence-corrected chi connectivity index (χ2v) is 5.41. The molecule has 0 spiro atoms. The highest BCUT2D eigenvalue weighted by molar-refractivity contribution is 5.47. The molecule has 0 aliphatic carbocycles. The first-order chi connectivity index (χ1) is 9.12. The maximum Gasteiger partial charge on any atom is 0.131 e. The zero-order valence-electron chi connectivity index (χ0n) is 12.9. The fourth-order valence-corrected chi connectivity index (χ4v) is 2.17. The third-order valence-electron chi connectivity index (χ3n) is 3.78. The van der Waals surface area contributed by atoms with Crippen LogP contribution < -0.4 is 10.6 Å². The molecule has 0 aromatic carbocycles. The molecule has 0 fully saturated rings. The Morgan fingerprint density at radius 2 is 2.00 bits per heavy atom. The lowest BCUT2D eigenvalue weighted by atomic mass is 10.0. The Kier molecular flexibility index (Phi) is 6.85. The number of nitrogens with zero attached hydrogens (tertiary/aromatic N) is 2. The van der Waals surface area contributed by atoms with Gasteiger partial charge in [-0.1, -0.05) is 33.3 Å². The average Bonchev–Trinajstić information content (AvgIpc) is 2.45. The lowest BCUT2D eigenvalue weighted by Crippen LogP contribution is -2.31. The SMILES string of the molecule is CCC(C)CN(CC)c1ncccc1CC(N)CC. The van der Waals surface area contributed by atoms with Crippen LogP contribution in [-0.4, -0.2) is 24.1 Å². The van der Waals surface area contributed by atoms with Gasteiger partial charge in [0.25, 0.3) is 0 Å². The zero-order valence-corrected chi connectivity index (χ0v) is 12.9. The maximum atomic E-state index is 6.10. The minimum absolute atomic E-state index is 0.227. The summed E-state index contributed by atoms with van der Waals surface area (Å²) in [5.41, 5.74) is 7.38. The average molecular weight is 263 g/mol. The molecule has 0 saturated carbocycles. The molecular weight excluding hydrogens is 234 g/mol. The first-order valence-electron chi connectivity index (χ1n) is 7.56. The van der Waals surface area contributed by atoms with E-state index in [9.17, 15) is 0 Å². The molecule has 2 unspecified atom stereocenters. The molecule has 2 atom stereocenters. The zero-order chi connectivity index (χ0) is 14.3. The topological polar surface area (TPSA) is 42.2 Å². The van der Waals surface area contributed by atoms with Gasteiger partial charge in [-0.05, 0) is 37.3 Å². The van der Waals surface area contributed by atoms with E-state index in [1.165, 1.54) is 12.0 Å². The van der Waals surface area contributed by atoms with Crippen LogP contribution in [0.4, 0.5) is 5.82 Å². The van der Waals surface area contributed by atoms with Gasteiger partial charge < -0.3 is 10.6 Å². The molecule has 1 aromatic rings. The molecule has 1 rings (SSSR count). The molecule has 3 heteroatoms. The summed E-state index contributed by atoms with van der Waals surface area (Å²) in [5.74, 6) is 1.81. The van der Waals surface area contributed by atoms with Gasteiger partial charge in [0.1, 0.15) is 5.82 Å². The summed E-state index contributed by atoms with van der Waals surface area (Å²) in [6.45, 7) is 10.9. The fourth-order valence-electron chi connectivity index (χ4n) is 2.17. The minimum Gasteiger partial charge on any atom is -0.356 e. The summed E-state index contributed by atoms with van der Waals surface area (Å²) in [5, 5.41) is 0. The molecule has 0 aliphatic heterocycles. The quantitative estimate of drug-likeness (QED) is 0.783. The Hall–Kier alpha value is -1.09. The van der Waals surface area contributed by atoms with E-state index in [4.69, 9.17) is 5.73 Å². The Morgan fingerprint density at radius 1 is 1.26 bits per heavy atom. The smallest absolute Gasteiger partial charge is 0.131 e. The van der Waals surface area contributed by atoms with E-state index in [1.807, 2.05) is 12.3 Å². The number of hydrogen-bond acceptors (Lipinski definition) is 3. The summed E-state index contributed by atoms with van der Waals surface area (Å²) in [6.07, 6.45) is 5.01. The maximum absolute atomic E-state index is 6.10. The van der Waals surface area contributed by atoms with Crippen LogP contribution in [0.2, 0.25) is 0 Å². The third kappa shape index (κ3) is 4.83. The standard InChI is InChI=1S/C16H29N3/c1-5-13(4)12-19(7-3)16-14(9-8-10-18-16)11-15(17)6-2/h8-10,13,15H,5-7,11-12,17H2,1-4H3. The van der Waals surface area contributed by atoms with Gasteiger partial charge in [0.15, 0.2) is 0 Å². The highest BCUT2D eigenvalue weighted by atomic mass is 15.2. The molecule has 108 valence electrons. The Morgan fingerprint density at radius 3 is 2.58 bits per heavy atom. The Bertz CT molecular complexity index is 365. The molecule has 0 radical (unpaired) electrons. The Balaban J connectivity index is 2.89. The van der Waals surface area contributed by atoms with E-state index in [-0.39, 0.29) is 6.04 Å². The summed E-state index contributed by atoms with van der Waals surface area (Å²) < 4.78 is 0. The van der Waals surface area contributed by atoms with Crippen LogP contribution >= 0.6 is 0 Å². The first kappa shape index (κ1) is 16.0. The summed E-state index contributed by atoms with van der Waals surface area (Å²) in [6, 6.07) is 4.40. The molecular formula is C16H29N3. The highest BCUT2D eigenvalue weighted by Gasteiger charge is 2.14. The van der Waals surface area contributed by atoms with Crippen LogP contribution in [0.25, 0.3) is 0 Å². The summed E-state index contributed by atoms with van der Waals surface area (Å²) >= 11 is 0. The fraction of sp³-hybridized carbons (Fsp3) is 0.688. The number of hydrogen-bond donors (Lipinski definition) is 1. The van der Waals surface area contributed by atoms with Gasteiger partial charge in [0.2, 0.25) is 0 Å². The van der Waals surface area contributed by atoms with Crippen molar-refractivity contribution in [2.75, 3.05) is 18.0 Å². The first-order valence-corrected chi connectivity index (χ1v) is 7.56. The van der Waals surface area contributed by atoms with E-state index in [1.54, 1.807) is 0 Å². The van der Waals surface area contributed by atoms with Crippen molar-refractivity contribution in [1.82, 2.24) is 4.98 Å². The predicted octanol–water partition coefficient (Wildman–Crippen LogP) is 3.23. The summed E-state index contributed by atoms with van der Waals surface area (Å²) in [4.78, 5) is 6.98. The molecule has 2 N–H and O–H groups in total. The Labute approximate surface area is 118 Å². The second-order valence-electron chi connectivity index (χ2n) is 5.41. The monoisotopic (exact) mass is 263 g/mol. The van der Waals surface area contributed by atoms with Gasteiger partial charge >= 0.3 is 0 Å². The van der Waals surface area contributed by atoms with Crippen molar-refractivity contribution >= 4 is 5.82 Å².